The van der Waals surface area contributed by atoms with Gasteiger partial charge in [-0.15, -0.1) is 0 Å². The number of nitrogens with zero attached hydrogens (tertiary/aromatic N) is 4. The van der Waals surface area contributed by atoms with Crippen molar-refractivity contribution in [2.24, 2.45) is 0 Å². The van der Waals surface area contributed by atoms with Gasteiger partial charge >= 0.3 is 0 Å². The van der Waals surface area contributed by atoms with Crippen LogP contribution in [0.25, 0.3) is 11.0 Å². The quantitative estimate of drug-likeness (QED) is 0.439. The molecule has 0 bridgehead atoms. The third kappa shape index (κ3) is 4.80. The van der Waals surface area contributed by atoms with Crippen molar-refractivity contribution in [3.8, 4) is 0 Å². The number of hydrogen-bond donors (Lipinski definition) is 2. The lowest BCUT2D eigenvalue weighted by molar-refractivity contribution is 0.0342. The maximum Gasteiger partial charge on any atom is 0.261 e. The number of fused-ring (bicyclic) bond motifs is 1. The smallest absolute Gasteiger partial charge is 0.261 e. The van der Waals surface area contributed by atoms with Crippen LogP contribution in [-0.4, -0.2) is 52.2 Å². The van der Waals surface area contributed by atoms with E-state index in [9.17, 15) is 4.79 Å². The number of benzene rings is 2. The third-order valence-corrected chi connectivity index (χ3v) is 5.65. The molecule has 0 unspecified atom stereocenters. The van der Waals surface area contributed by atoms with Crippen LogP contribution in [0.4, 0.5) is 17.2 Å². The Morgan fingerprint density at radius 1 is 1.09 bits per heavy atom. The summed E-state index contributed by atoms with van der Waals surface area (Å²) in [6, 6.07) is 11.6. The average Bonchev–Trinajstić information content (AvgIpc) is 3.23. The predicted octanol–water partition coefficient (Wildman–Crippen LogP) is 4.10. The van der Waals surface area contributed by atoms with Crippen molar-refractivity contribution in [1.29, 1.82) is 0 Å². The van der Waals surface area contributed by atoms with Gasteiger partial charge in [-0.1, -0.05) is 28.9 Å². The number of halogens is 1. The van der Waals surface area contributed by atoms with Crippen LogP contribution >= 0.6 is 11.6 Å². The summed E-state index contributed by atoms with van der Waals surface area (Å²) < 4.78 is 11.0. The fraction of sp³-hybridized carbons (Fsp3) is 0.217. The fourth-order valence-electron chi connectivity index (χ4n) is 3.74. The predicted molar refractivity (Wildman–Crippen MR) is 125 cm³/mol. The molecule has 1 amide bonds. The highest BCUT2D eigenvalue weighted by molar-refractivity contribution is 6.36. The van der Waals surface area contributed by atoms with E-state index in [-0.39, 0.29) is 10.6 Å². The molecule has 0 radical (unpaired) electrons. The summed E-state index contributed by atoms with van der Waals surface area (Å²) in [5.41, 5.74) is 3.00. The van der Waals surface area contributed by atoms with Crippen LogP contribution in [-0.2, 0) is 11.3 Å². The van der Waals surface area contributed by atoms with Crippen molar-refractivity contribution in [1.82, 2.24) is 20.0 Å². The van der Waals surface area contributed by atoms with Crippen molar-refractivity contribution in [3.63, 3.8) is 0 Å². The zero-order valence-electron chi connectivity index (χ0n) is 17.6. The summed E-state index contributed by atoms with van der Waals surface area (Å²) in [4.78, 5) is 23.0. The first kappa shape index (κ1) is 21.3. The van der Waals surface area contributed by atoms with Crippen LogP contribution in [0.3, 0.4) is 0 Å². The maximum absolute atomic E-state index is 12.9. The van der Waals surface area contributed by atoms with E-state index >= 15 is 0 Å². The second-order valence-corrected chi connectivity index (χ2v) is 8.03. The number of anilines is 3. The lowest BCUT2D eigenvalue weighted by Gasteiger charge is -2.26. The van der Waals surface area contributed by atoms with Crippen LogP contribution < -0.4 is 10.6 Å². The molecule has 2 aromatic carbocycles. The van der Waals surface area contributed by atoms with Crippen LogP contribution in [0.15, 0.2) is 59.6 Å². The third-order valence-electron chi connectivity index (χ3n) is 5.34. The van der Waals surface area contributed by atoms with Gasteiger partial charge in [0, 0.05) is 25.3 Å². The molecule has 1 saturated heterocycles. The molecular formula is C23H21ClN6O3. The standard InChI is InChI=1S/C23H21ClN6O3/c24-19-5-4-18-21(20(19)23(31)28-17-11-25-14-26-12-17)33-29-22(18)27-16-3-1-2-15(10-16)13-30-6-8-32-9-7-30/h1-5,10-12,14H,6-9,13H2,(H,27,29)(H,28,31). The molecule has 5 rings (SSSR count). The summed E-state index contributed by atoms with van der Waals surface area (Å²) in [6.45, 7) is 4.22. The Kier molecular flexibility index (Phi) is 6.16. The second kappa shape index (κ2) is 9.53. The van der Waals surface area contributed by atoms with E-state index in [1.165, 1.54) is 24.3 Å². The molecule has 33 heavy (non-hydrogen) atoms. The molecule has 0 atom stereocenters. The Morgan fingerprint density at radius 3 is 2.73 bits per heavy atom. The number of carbonyl (C=O) groups is 1. The SMILES string of the molecule is O=C(Nc1cncnc1)c1c(Cl)ccc2c(Nc3cccc(CN4CCOCC4)c3)noc12. The average molecular weight is 465 g/mol. The van der Waals surface area contributed by atoms with Crippen molar-refractivity contribution in [2.45, 2.75) is 6.54 Å². The molecule has 9 nitrogen and oxygen atoms in total. The number of carbonyl (C=O) groups excluding carboxylic acids is 1. The van der Waals surface area contributed by atoms with E-state index < -0.39 is 5.91 Å². The van der Waals surface area contributed by atoms with Gasteiger partial charge in [0.2, 0.25) is 0 Å². The molecule has 1 fully saturated rings. The molecule has 0 saturated carbocycles. The van der Waals surface area contributed by atoms with Crippen LogP contribution in [0.2, 0.25) is 5.02 Å². The van der Waals surface area contributed by atoms with Gasteiger partial charge in [0.1, 0.15) is 11.9 Å². The number of rotatable bonds is 6. The summed E-state index contributed by atoms with van der Waals surface area (Å²) >= 11 is 6.33. The van der Waals surface area contributed by atoms with Crippen LogP contribution in [0, 0.1) is 0 Å². The highest BCUT2D eigenvalue weighted by Crippen LogP contribution is 2.33. The monoisotopic (exact) mass is 464 g/mol. The number of hydrogen-bond acceptors (Lipinski definition) is 8. The van der Waals surface area contributed by atoms with Gasteiger partial charge in [0.25, 0.3) is 5.91 Å². The van der Waals surface area contributed by atoms with E-state index in [4.69, 9.17) is 20.9 Å². The normalized spacial score (nSPS) is 14.3. The Bertz CT molecular complexity index is 1270. The van der Waals surface area contributed by atoms with Gasteiger partial charge < -0.3 is 19.9 Å². The first-order chi connectivity index (χ1) is 16.2. The number of amides is 1. The molecule has 1 aliphatic rings. The Morgan fingerprint density at radius 2 is 1.91 bits per heavy atom. The minimum absolute atomic E-state index is 0.194. The van der Waals surface area contributed by atoms with Gasteiger partial charge in [-0.05, 0) is 29.8 Å². The van der Waals surface area contributed by atoms with Gasteiger partial charge in [-0.25, -0.2) is 9.97 Å². The largest absolute Gasteiger partial charge is 0.379 e. The summed E-state index contributed by atoms with van der Waals surface area (Å²) in [5.74, 6) is 0.0675. The maximum atomic E-state index is 12.9. The first-order valence-electron chi connectivity index (χ1n) is 10.5. The van der Waals surface area contributed by atoms with Gasteiger partial charge in [0.15, 0.2) is 11.4 Å². The van der Waals surface area contributed by atoms with Crippen LogP contribution in [0.1, 0.15) is 15.9 Å². The summed E-state index contributed by atoms with van der Waals surface area (Å²) in [5, 5.41) is 11.1. The molecule has 3 heterocycles. The lowest BCUT2D eigenvalue weighted by atomic mass is 10.1. The van der Waals surface area contributed by atoms with Crippen LogP contribution in [0.5, 0.6) is 0 Å². The van der Waals surface area contributed by atoms with Crippen molar-refractivity contribution < 1.29 is 14.1 Å². The lowest BCUT2D eigenvalue weighted by Crippen LogP contribution is -2.35. The molecule has 0 aliphatic carbocycles. The van der Waals surface area contributed by atoms with Gasteiger partial charge in [-0.3, -0.25) is 9.69 Å². The number of ether oxygens (including phenoxy) is 1. The molecule has 2 N–H and O–H groups in total. The Hall–Kier alpha value is -3.53. The fourth-order valence-corrected chi connectivity index (χ4v) is 3.98. The summed E-state index contributed by atoms with van der Waals surface area (Å²) in [7, 11) is 0. The second-order valence-electron chi connectivity index (χ2n) is 7.63. The number of nitrogens with one attached hydrogen (secondary N) is 2. The first-order valence-corrected chi connectivity index (χ1v) is 10.9. The number of morpholine rings is 1. The van der Waals surface area contributed by atoms with Gasteiger partial charge in [-0.2, -0.15) is 0 Å². The van der Waals surface area contributed by atoms with E-state index in [2.05, 4.69) is 42.8 Å². The zero-order chi connectivity index (χ0) is 22.6. The molecule has 0 spiro atoms. The molecule has 1 aliphatic heterocycles. The minimum Gasteiger partial charge on any atom is -0.379 e. The van der Waals surface area contributed by atoms with Crippen molar-refractivity contribution >= 4 is 45.7 Å². The van der Waals surface area contributed by atoms with Gasteiger partial charge in [0.05, 0.1) is 41.7 Å². The molecule has 2 aromatic heterocycles. The van der Waals surface area contributed by atoms with E-state index in [1.54, 1.807) is 12.1 Å². The Balaban J connectivity index is 1.38. The van der Waals surface area contributed by atoms with E-state index in [0.29, 0.717) is 22.5 Å². The highest BCUT2D eigenvalue weighted by atomic mass is 35.5. The van der Waals surface area contributed by atoms with Crippen molar-refractivity contribution in [3.05, 3.63) is 71.3 Å². The topological polar surface area (TPSA) is 105 Å². The molecular weight excluding hydrogens is 444 g/mol. The van der Waals surface area contributed by atoms with E-state index in [0.717, 1.165) is 38.5 Å². The summed E-state index contributed by atoms with van der Waals surface area (Å²) in [6.07, 6.45) is 4.38. The highest BCUT2D eigenvalue weighted by Gasteiger charge is 2.21. The molecule has 168 valence electrons. The minimum atomic E-state index is -0.435. The number of aromatic nitrogens is 3. The zero-order valence-corrected chi connectivity index (χ0v) is 18.4. The molecule has 10 heteroatoms. The van der Waals surface area contributed by atoms with Crippen molar-refractivity contribution in [2.75, 3.05) is 36.9 Å². The van der Waals surface area contributed by atoms with E-state index in [1.807, 2.05) is 12.1 Å². The molecule has 4 aromatic rings. The Labute approximate surface area is 194 Å².